The van der Waals surface area contributed by atoms with Crippen LogP contribution in [0.15, 0.2) is 30.3 Å². The number of ether oxygens (including phenoxy) is 1. The van der Waals surface area contributed by atoms with Gasteiger partial charge in [-0.05, 0) is 31.5 Å². The zero-order chi connectivity index (χ0) is 15.9. The van der Waals surface area contributed by atoms with E-state index in [2.05, 4.69) is 5.32 Å². The molecular formula is C11H25NNa2O9P2. The first-order valence-corrected chi connectivity index (χ1v) is 9.59. The molecule has 0 radical (unpaired) electrons. The largest absolute Gasteiger partial charge is 1.00 e. The molecule has 1 aromatic rings. The maximum Gasteiger partial charge on any atom is 1.00 e. The van der Waals surface area contributed by atoms with Gasteiger partial charge in [0.05, 0.1) is 6.61 Å². The molecule has 0 aliphatic heterocycles. The smallest absolute Gasteiger partial charge is 1.00 e. The number of para-hydroxylation sites is 1. The molecule has 1 rings (SSSR count). The molecule has 10 nitrogen and oxygen atoms in total. The van der Waals surface area contributed by atoms with Gasteiger partial charge in [0.15, 0.2) is 0 Å². The first kappa shape index (κ1) is 33.8. The summed E-state index contributed by atoms with van der Waals surface area (Å²) in [5, 5.41) is 2.22. The number of unbranched alkanes of at least 4 members (excludes halogenated alkanes) is 1. The topological polar surface area (TPSA) is 199 Å². The molecule has 0 unspecified atom stereocenters. The fraction of sp³-hybridized carbons (Fsp3) is 0.455. The van der Waals surface area contributed by atoms with Crippen LogP contribution in [0.5, 0.6) is 5.75 Å². The van der Waals surface area contributed by atoms with Gasteiger partial charge in [0.2, 0.25) is 5.52 Å². The van der Waals surface area contributed by atoms with Gasteiger partial charge in [0, 0.05) is 0 Å². The second-order valence-corrected chi connectivity index (χ2v) is 8.17. The first-order valence-electron chi connectivity index (χ1n) is 6.23. The van der Waals surface area contributed by atoms with Gasteiger partial charge in [-0.3, -0.25) is 14.4 Å². The summed E-state index contributed by atoms with van der Waals surface area (Å²) < 4.78 is 27.4. The molecular weight excluding hydrogens is 398 g/mol. The van der Waals surface area contributed by atoms with Crippen molar-refractivity contribution in [2.24, 2.45) is 0 Å². The molecule has 0 saturated heterocycles. The van der Waals surface area contributed by atoms with Crippen LogP contribution in [0.1, 0.15) is 15.7 Å². The Morgan fingerprint density at radius 3 is 1.88 bits per heavy atom. The van der Waals surface area contributed by atoms with E-state index in [4.69, 9.17) is 24.3 Å². The average molecular weight is 423 g/mol. The van der Waals surface area contributed by atoms with Crippen molar-refractivity contribution in [3.63, 3.8) is 0 Å². The van der Waals surface area contributed by atoms with E-state index in [9.17, 15) is 9.13 Å². The minimum absolute atomic E-state index is 0. The Hall–Kier alpha value is 1.20. The third-order valence-electron chi connectivity index (χ3n) is 2.55. The Kier molecular flexibility index (Phi) is 21.9. The van der Waals surface area contributed by atoms with E-state index in [1.165, 1.54) is 0 Å². The van der Waals surface area contributed by atoms with Crippen molar-refractivity contribution in [3.8, 4) is 5.75 Å². The molecule has 0 aromatic heterocycles. The van der Waals surface area contributed by atoms with E-state index >= 15 is 0 Å². The van der Waals surface area contributed by atoms with Crippen LogP contribution in [0, 0.1) is 0 Å². The molecule has 1 aromatic carbocycles. The third-order valence-corrected chi connectivity index (χ3v) is 5.99. The minimum Gasteiger partial charge on any atom is -1.00 e. The van der Waals surface area contributed by atoms with Gasteiger partial charge in [0.1, 0.15) is 5.75 Å². The molecule has 9 N–H and O–H groups in total. The molecule has 0 amide bonds. The molecule has 25 heavy (non-hydrogen) atoms. The number of nitrogens with one attached hydrogen (secondary N) is 1. The molecule has 140 valence electrons. The van der Waals surface area contributed by atoms with Crippen molar-refractivity contribution in [1.82, 2.24) is 5.32 Å². The summed E-state index contributed by atoms with van der Waals surface area (Å²) in [5.41, 5.74) is -2.15. The Morgan fingerprint density at radius 1 is 0.960 bits per heavy atom. The molecule has 14 heteroatoms. The number of hydrogen-bond acceptors (Lipinski definition) is 4. The molecule has 0 fully saturated rings. The number of rotatable bonds is 9. The maximum atomic E-state index is 11.0. The monoisotopic (exact) mass is 423 g/mol. The van der Waals surface area contributed by atoms with E-state index in [0.29, 0.717) is 25.2 Å². The normalized spacial score (nSPS) is 10.6. The maximum absolute atomic E-state index is 11.0. The summed E-state index contributed by atoms with van der Waals surface area (Å²) in [5.74, 6) is 0.716. The summed E-state index contributed by atoms with van der Waals surface area (Å²) in [6, 6.07) is 9.13. The minimum atomic E-state index is -4.91. The number of hydrogen-bond donors (Lipinski definition) is 5. The van der Waals surface area contributed by atoms with E-state index in [1.807, 2.05) is 18.2 Å². The van der Waals surface area contributed by atoms with Gasteiger partial charge < -0.3 is 38.1 Å². The van der Waals surface area contributed by atoms with Crippen LogP contribution in [0.4, 0.5) is 0 Å². The fourth-order valence-corrected chi connectivity index (χ4v) is 3.90. The van der Waals surface area contributed by atoms with Crippen LogP contribution in [-0.4, -0.2) is 49.2 Å². The van der Waals surface area contributed by atoms with Gasteiger partial charge >= 0.3 is 74.3 Å². The van der Waals surface area contributed by atoms with E-state index in [1.54, 1.807) is 12.1 Å². The zero-order valence-electron chi connectivity index (χ0n) is 16.2. The van der Waals surface area contributed by atoms with Crippen molar-refractivity contribution < 1.29 is 106 Å². The van der Waals surface area contributed by atoms with Crippen LogP contribution < -0.4 is 69.2 Å². The van der Waals surface area contributed by atoms with Crippen molar-refractivity contribution in [1.29, 1.82) is 0 Å². The summed E-state index contributed by atoms with van der Waals surface area (Å²) >= 11 is 0. The van der Waals surface area contributed by atoms with Gasteiger partial charge in [-0.1, -0.05) is 18.2 Å². The second kappa shape index (κ2) is 16.2. The SMILES string of the molecule is O.O.O=P(O)(O)C(NCCCCOc1ccccc1)P(=O)(O)O.[H-].[H-].[Na+].[Na+]. The summed E-state index contributed by atoms with van der Waals surface area (Å²) in [6.45, 7) is 0.473. The Morgan fingerprint density at radius 2 is 1.44 bits per heavy atom. The Labute approximate surface area is 193 Å². The zero-order valence-corrected chi connectivity index (χ0v) is 20.0. The van der Waals surface area contributed by atoms with E-state index in [-0.39, 0.29) is 79.5 Å². The molecule has 0 bridgehead atoms. The quantitative estimate of drug-likeness (QED) is 0.147. The summed E-state index contributed by atoms with van der Waals surface area (Å²) in [6.07, 6.45) is 1.04. The predicted molar refractivity (Wildman–Crippen MR) is 86.5 cm³/mol. The van der Waals surface area contributed by atoms with Crippen LogP contribution in [0.2, 0.25) is 0 Å². The average Bonchev–Trinajstić information content (AvgIpc) is 2.35. The van der Waals surface area contributed by atoms with E-state index in [0.717, 1.165) is 0 Å². The van der Waals surface area contributed by atoms with Crippen LogP contribution in [-0.2, 0) is 9.13 Å². The van der Waals surface area contributed by atoms with Crippen molar-refractivity contribution >= 4 is 15.2 Å². The van der Waals surface area contributed by atoms with Crippen molar-refractivity contribution in [2.75, 3.05) is 13.2 Å². The van der Waals surface area contributed by atoms with Gasteiger partial charge in [0.25, 0.3) is 0 Å². The molecule has 0 saturated carbocycles. The fourth-order valence-electron chi connectivity index (χ4n) is 1.60. The molecule has 0 atom stereocenters. The van der Waals surface area contributed by atoms with E-state index < -0.39 is 20.7 Å². The molecule has 0 aliphatic carbocycles. The summed E-state index contributed by atoms with van der Waals surface area (Å²) in [7, 11) is -9.81. The second-order valence-electron chi connectivity index (χ2n) is 4.37. The molecule has 0 heterocycles. The van der Waals surface area contributed by atoms with Crippen molar-refractivity contribution in [2.45, 2.75) is 18.4 Å². The Balaban J connectivity index is -0.000000184. The van der Waals surface area contributed by atoms with Crippen LogP contribution in [0.25, 0.3) is 0 Å². The van der Waals surface area contributed by atoms with Crippen molar-refractivity contribution in [3.05, 3.63) is 30.3 Å². The van der Waals surface area contributed by atoms with Gasteiger partial charge in [-0.25, -0.2) is 0 Å². The predicted octanol–water partition coefficient (Wildman–Crippen LogP) is -6.34. The Bertz CT molecular complexity index is 514. The summed E-state index contributed by atoms with van der Waals surface area (Å²) in [4.78, 5) is 35.6. The first-order chi connectivity index (χ1) is 9.71. The number of benzene rings is 1. The molecule has 0 aliphatic rings. The van der Waals surface area contributed by atoms with Gasteiger partial charge in [-0.2, -0.15) is 0 Å². The molecule has 0 spiro atoms. The van der Waals surface area contributed by atoms with Gasteiger partial charge in [-0.15, -0.1) is 0 Å². The third kappa shape index (κ3) is 14.9. The van der Waals surface area contributed by atoms with Crippen LogP contribution in [0.3, 0.4) is 0 Å². The standard InChI is InChI=1S/C11H19NO7P2.2Na.2H2O.2H/c13-20(14,15)11(21(16,17)18)12-8-4-5-9-19-10-6-2-1-3-7-10;;;;;;/h1-3,6-7,11-12H,4-5,8-9H2,(H2,13,14,15)(H2,16,17,18);;;2*1H2;;/q;2*+1;;;2*-1. The van der Waals surface area contributed by atoms with Crippen LogP contribution >= 0.6 is 15.2 Å².